The van der Waals surface area contributed by atoms with Crippen LogP contribution in [0, 0.1) is 5.41 Å². The molecule has 200 valence electrons. The predicted octanol–water partition coefficient (Wildman–Crippen LogP) is 4.32. The van der Waals surface area contributed by atoms with Gasteiger partial charge < -0.3 is 14.9 Å². The molecular formula is C29H30ClFN2O5. The van der Waals surface area contributed by atoms with Crippen molar-refractivity contribution in [2.24, 2.45) is 5.41 Å². The van der Waals surface area contributed by atoms with Crippen molar-refractivity contribution in [3.05, 3.63) is 94.1 Å². The zero-order valence-electron chi connectivity index (χ0n) is 24.8. The lowest BCUT2D eigenvalue weighted by Gasteiger charge is -2.42. The van der Waals surface area contributed by atoms with Crippen molar-refractivity contribution < 1.29 is 34.5 Å². The number of methoxy groups -OCH3 is 1. The van der Waals surface area contributed by atoms with Crippen LogP contribution in [0.25, 0.3) is 0 Å². The molecule has 2 aliphatic rings. The van der Waals surface area contributed by atoms with Gasteiger partial charge in [-0.25, -0.2) is 9.37 Å². The van der Waals surface area contributed by atoms with E-state index in [1.807, 2.05) is 0 Å². The van der Waals surface area contributed by atoms with Crippen LogP contribution in [0.4, 0.5) is 4.39 Å². The number of carbonyl (C=O) groups is 1. The Morgan fingerprint density at radius 2 is 1.84 bits per heavy atom. The molecule has 0 amide bonds. The van der Waals surface area contributed by atoms with Gasteiger partial charge in [-0.3, -0.25) is 9.63 Å². The second-order valence-electron chi connectivity index (χ2n) is 9.60. The summed E-state index contributed by atoms with van der Waals surface area (Å²) in [5, 5.41) is 22.0. The van der Waals surface area contributed by atoms with E-state index in [9.17, 15) is 15.0 Å². The number of ketones is 1. The number of fused-ring (bicyclic) bond motifs is 1. The van der Waals surface area contributed by atoms with E-state index in [0.29, 0.717) is 10.1 Å². The maximum absolute atomic E-state index is 18.2. The van der Waals surface area contributed by atoms with Crippen molar-refractivity contribution in [2.75, 3.05) is 20.2 Å². The number of pyridine rings is 1. The Morgan fingerprint density at radius 3 is 2.45 bits per heavy atom. The number of hydroxylamine groups is 2. The standard InChI is InChI=1S/C29H30ClFN2O5/c1-19(35)26(36)28(16-22-6-5-9-25(32-22)37-2)23-7-3-4-8-24(23)29(31,20-10-12-21(30)13-11-20)33(28)38-18-27(17-34)14-15-27/h3-13,19,34-35H,14-18H2,1-2H3/t19?,28?,29-/m0/s1/i17D2,18D2. The van der Waals surface area contributed by atoms with E-state index in [1.165, 1.54) is 50.4 Å². The zero-order valence-corrected chi connectivity index (χ0v) is 21.6. The second kappa shape index (κ2) is 10.0. The van der Waals surface area contributed by atoms with Crippen LogP contribution in [-0.4, -0.2) is 52.4 Å². The highest BCUT2D eigenvalue weighted by Crippen LogP contribution is 2.57. The fourth-order valence-electron chi connectivity index (χ4n) is 4.96. The first kappa shape index (κ1) is 22.0. The molecule has 1 fully saturated rings. The van der Waals surface area contributed by atoms with E-state index in [0.717, 1.165) is 0 Å². The maximum Gasteiger partial charge on any atom is 0.238 e. The molecule has 1 aromatic heterocycles. The van der Waals surface area contributed by atoms with Gasteiger partial charge in [-0.05, 0) is 43.5 Å². The third-order valence-electron chi connectivity index (χ3n) is 7.09. The van der Waals surface area contributed by atoms with Crippen molar-refractivity contribution in [1.29, 1.82) is 0 Å². The minimum Gasteiger partial charge on any atom is -0.481 e. The van der Waals surface area contributed by atoms with Gasteiger partial charge in [0.15, 0.2) is 5.78 Å². The normalized spacial score (nSPS) is 26.9. The average Bonchev–Trinajstić information content (AvgIpc) is 3.75. The molecule has 7 nitrogen and oxygen atoms in total. The molecule has 1 aliphatic heterocycles. The Kier molecular flexibility index (Phi) is 5.80. The molecule has 3 aromatic rings. The number of hydrogen-bond acceptors (Lipinski definition) is 7. The quantitative estimate of drug-likeness (QED) is 0.367. The van der Waals surface area contributed by atoms with Crippen LogP contribution in [0.15, 0.2) is 66.7 Å². The molecule has 0 radical (unpaired) electrons. The monoisotopic (exact) mass is 544 g/mol. The molecule has 9 heteroatoms. The van der Waals surface area contributed by atoms with Crippen LogP contribution >= 0.6 is 11.6 Å². The van der Waals surface area contributed by atoms with Gasteiger partial charge in [0.05, 0.1) is 25.7 Å². The van der Waals surface area contributed by atoms with Crippen LogP contribution in [0.3, 0.4) is 0 Å². The second-order valence-corrected chi connectivity index (χ2v) is 10.0. The Morgan fingerprint density at radius 1 is 1.16 bits per heavy atom. The van der Waals surface area contributed by atoms with E-state index in [4.69, 9.17) is 26.7 Å². The van der Waals surface area contributed by atoms with E-state index >= 15 is 4.39 Å². The Balaban J connectivity index is 1.82. The van der Waals surface area contributed by atoms with E-state index < -0.39 is 41.8 Å². The van der Waals surface area contributed by atoms with Gasteiger partial charge in [-0.15, -0.1) is 5.06 Å². The number of rotatable bonds is 10. The molecule has 3 atom stereocenters. The maximum atomic E-state index is 18.2. The smallest absolute Gasteiger partial charge is 0.238 e. The summed E-state index contributed by atoms with van der Waals surface area (Å²) in [5.74, 6) is -3.56. The number of aliphatic hydroxyl groups is 2. The highest BCUT2D eigenvalue weighted by atomic mass is 35.5. The number of alkyl halides is 1. The highest BCUT2D eigenvalue weighted by Gasteiger charge is 2.66. The number of halogens is 2. The van der Waals surface area contributed by atoms with Gasteiger partial charge in [0.1, 0.15) is 11.6 Å². The highest BCUT2D eigenvalue weighted by molar-refractivity contribution is 6.30. The first-order valence-corrected chi connectivity index (χ1v) is 12.5. The van der Waals surface area contributed by atoms with Gasteiger partial charge in [0.2, 0.25) is 11.7 Å². The summed E-state index contributed by atoms with van der Waals surface area (Å²) in [7, 11) is 1.41. The molecule has 5 rings (SSSR count). The first-order valence-electron chi connectivity index (χ1n) is 14.1. The van der Waals surface area contributed by atoms with Crippen LogP contribution in [0.2, 0.25) is 5.02 Å². The van der Waals surface area contributed by atoms with E-state index in [2.05, 4.69) is 4.98 Å². The summed E-state index contributed by atoms with van der Waals surface area (Å²) in [6, 6.07) is 16.4. The van der Waals surface area contributed by atoms with E-state index in [1.54, 1.807) is 30.3 Å². The van der Waals surface area contributed by atoms with Gasteiger partial charge >= 0.3 is 0 Å². The van der Waals surface area contributed by atoms with Crippen molar-refractivity contribution >= 4 is 17.4 Å². The molecule has 2 heterocycles. The van der Waals surface area contributed by atoms with Crippen LogP contribution < -0.4 is 4.74 Å². The topological polar surface area (TPSA) is 92.1 Å². The molecule has 1 saturated carbocycles. The average molecular weight is 545 g/mol. The van der Waals surface area contributed by atoms with Crippen molar-refractivity contribution in [1.82, 2.24) is 10.0 Å². The summed E-state index contributed by atoms with van der Waals surface area (Å²) in [6.07, 6.45) is -2.26. The zero-order chi connectivity index (χ0) is 30.7. The molecule has 2 aromatic carbocycles. The van der Waals surface area contributed by atoms with Crippen LogP contribution in [0.1, 0.15) is 47.6 Å². The summed E-state index contributed by atoms with van der Waals surface area (Å²) in [4.78, 5) is 24.6. The molecule has 1 aliphatic carbocycles. The molecular weight excluding hydrogens is 511 g/mol. The Labute approximate surface area is 231 Å². The first-order chi connectivity index (χ1) is 19.6. The summed E-state index contributed by atoms with van der Waals surface area (Å²) in [6.45, 7) is -4.84. The molecule has 0 saturated heterocycles. The van der Waals surface area contributed by atoms with Gasteiger partial charge in [0.25, 0.3) is 0 Å². The number of aromatic nitrogens is 1. The predicted molar refractivity (Wildman–Crippen MR) is 139 cm³/mol. The van der Waals surface area contributed by atoms with Gasteiger partial charge in [0, 0.05) is 39.7 Å². The summed E-state index contributed by atoms with van der Waals surface area (Å²) < 4.78 is 57.1. The number of nitrogens with zero attached hydrogens (tertiary/aromatic N) is 2. The van der Waals surface area contributed by atoms with Gasteiger partial charge in [-0.1, -0.05) is 54.1 Å². The summed E-state index contributed by atoms with van der Waals surface area (Å²) >= 11 is 6.11. The number of benzene rings is 2. The van der Waals surface area contributed by atoms with Crippen LogP contribution in [-0.2, 0) is 27.4 Å². The molecule has 2 unspecified atom stereocenters. The third-order valence-corrected chi connectivity index (χ3v) is 7.35. The lowest BCUT2D eigenvalue weighted by molar-refractivity contribution is -0.301. The van der Waals surface area contributed by atoms with E-state index in [-0.39, 0.29) is 47.5 Å². The lowest BCUT2D eigenvalue weighted by Crippen LogP contribution is -2.58. The SMILES string of the molecule is [2H]C([2H])(O)C1(C([2H])([2H])ON2C(Cc3cccc(OC)n3)(C(=O)C(C)O)c3ccccc3[C@]2(F)c2ccc(Cl)cc2)CC1. The molecule has 0 bridgehead atoms. The van der Waals surface area contributed by atoms with Crippen molar-refractivity contribution in [3.63, 3.8) is 0 Å². The fourth-order valence-corrected chi connectivity index (χ4v) is 5.08. The number of ether oxygens (including phenoxy) is 1. The van der Waals surface area contributed by atoms with Crippen molar-refractivity contribution in [3.8, 4) is 5.88 Å². The largest absolute Gasteiger partial charge is 0.481 e. The summed E-state index contributed by atoms with van der Waals surface area (Å²) in [5.41, 5.74) is -4.06. The minimum absolute atomic E-state index is 0.0584. The number of Topliss-reactive ketones (excluding diaryl/α,β-unsaturated/α-hetero) is 1. The molecule has 0 spiro atoms. The van der Waals surface area contributed by atoms with Crippen LogP contribution in [0.5, 0.6) is 5.88 Å². The Bertz CT molecular complexity index is 1500. The lowest BCUT2D eigenvalue weighted by atomic mass is 9.80. The number of carbonyl (C=O) groups excluding carboxylic acids is 1. The van der Waals surface area contributed by atoms with Gasteiger partial charge in [-0.2, -0.15) is 0 Å². The fraction of sp³-hybridized carbons (Fsp3) is 0.379. The minimum atomic E-state index is -3.03. The Hall–Kier alpha value is -2.88. The molecule has 2 N–H and O–H groups in total. The molecule has 38 heavy (non-hydrogen) atoms. The third kappa shape index (κ3) is 4.30. The van der Waals surface area contributed by atoms with Crippen molar-refractivity contribution in [2.45, 2.75) is 43.6 Å². The number of aliphatic hydroxyl groups excluding tert-OH is 1. The number of hydrogen-bond donors (Lipinski definition) is 2.